The molecule has 0 fully saturated rings. The van der Waals surface area contributed by atoms with Gasteiger partial charge in [0.1, 0.15) is 11.7 Å². The topological polar surface area (TPSA) is 122 Å². The molecule has 0 aliphatic heterocycles. The quantitative estimate of drug-likeness (QED) is 0.242. The number of nitrogens with zero attached hydrogens (tertiary/aromatic N) is 4. The summed E-state index contributed by atoms with van der Waals surface area (Å²) < 4.78 is 0. The largest absolute Gasteiger partial charge is 0.530 e. The van der Waals surface area contributed by atoms with E-state index in [2.05, 4.69) is 5.32 Å². The first-order chi connectivity index (χ1) is 16.7. The fourth-order valence-corrected chi connectivity index (χ4v) is 3.78. The molecule has 2 aromatic carbocycles. The molecule has 0 aliphatic rings. The number of hydrogen-bond donors (Lipinski definition) is 1. The number of anilines is 2. The van der Waals surface area contributed by atoms with Gasteiger partial charge in [0.25, 0.3) is 11.6 Å². The Morgan fingerprint density at radius 1 is 0.971 bits per heavy atom. The lowest BCUT2D eigenvalue weighted by molar-refractivity contribution is -0.385. The van der Waals surface area contributed by atoms with E-state index < -0.39 is 16.9 Å². The molecule has 0 radical (unpaired) electrons. The van der Waals surface area contributed by atoms with Gasteiger partial charge >= 0.3 is 0 Å². The van der Waals surface area contributed by atoms with Crippen LogP contribution in [-0.2, 0) is 6.54 Å². The van der Waals surface area contributed by atoms with Crippen molar-refractivity contribution >= 4 is 52.3 Å². The van der Waals surface area contributed by atoms with Crippen molar-refractivity contribution in [2.45, 2.75) is 6.54 Å². The number of benzene rings is 2. The number of amides is 2. The van der Waals surface area contributed by atoms with Crippen LogP contribution in [-0.4, -0.2) is 73.9 Å². The average molecular weight is 525 g/mol. The van der Waals surface area contributed by atoms with Crippen LogP contribution in [0.2, 0.25) is 0 Å². The van der Waals surface area contributed by atoms with Gasteiger partial charge in [-0.15, -0.1) is 23.2 Å². The third kappa shape index (κ3) is 8.27. The van der Waals surface area contributed by atoms with Crippen molar-refractivity contribution in [2.24, 2.45) is 0 Å². The first-order valence-corrected chi connectivity index (χ1v) is 11.9. The van der Waals surface area contributed by atoms with Crippen molar-refractivity contribution < 1.29 is 19.6 Å². The zero-order valence-electron chi connectivity index (χ0n) is 19.6. The Morgan fingerprint density at radius 2 is 1.57 bits per heavy atom. The van der Waals surface area contributed by atoms with E-state index in [-0.39, 0.29) is 17.8 Å². The number of halogens is 2. The number of alkyl halides is 2. The maximum Gasteiger partial charge on any atom is 0.282 e. The number of carbonyl (C=O) groups excluding carboxylic acids is 2. The zero-order valence-corrected chi connectivity index (χ0v) is 21.1. The van der Waals surface area contributed by atoms with Crippen LogP contribution in [0.15, 0.2) is 42.5 Å². The van der Waals surface area contributed by atoms with Gasteiger partial charge < -0.3 is 29.9 Å². The first-order valence-electron chi connectivity index (χ1n) is 10.8. The van der Waals surface area contributed by atoms with Crippen LogP contribution < -0.4 is 20.2 Å². The maximum absolute atomic E-state index is 12.6. The molecule has 0 aromatic heterocycles. The van der Waals surface area contributed by atoms with Gasteiger partial charge in [0.15, 0.2) is 0 Å². The summed E-state index contributed by atoms with van der Waals surface area (Å²) in [5.74, 6) is 0.215. The summed E-state index contributed by atoms with van der Waals surface area (Å²) in [5, 5.41) is 26.0. The van der Waals surface area contributed by atoms with Crippen LogP contribution in [0.25, 0.3) is 0 Å². The van der Waals surface area contributed by atoms with Crippen LogP contribution in [0.1, 0.15) is 15.9 Å². The summed E-state index contributed by atoms with van der Waals surface area (Å²) in [7, 11) is 3.67. The van der Waals surface area contributed by atoms with Crippen molar-refractivity contribution in [1.82, 2.24) is 10.2 Å². The Bertz CT molecular complexity index is 1010. The Morgan fingerprint density at radius 3 is 2.09 bits per heavy atom. The SMILES string of the molecule is CN(C)CCNC(=O)c1cc(CN(C(=O)[O-])c2ccc(N(CCCl)CCCl)cc2)ccc1[N+](=O)[O-]. The van der Waals surface area contributed by atoms with Crippen LogP contribution in [0, 0.1) is 10.1 Å². The van der Waals surface area contributed by atoms with Crippen molar-refractivity contribution in [3.8, 4) is 0 Å². The van der Waals surface area contributed by atoms with Crippen LogP contribution in [0.5, 0.6) is 0 Å². The van der Waals surface area contributed by atoms with Crippen LogP contribution in [0.4, 0.5) is 21.9 Å². The van der Waals surface area contributed by atoms with Gasteiger partial charge in [0.2, 0.25) is 0 Å². The van der Waals surface area contributed by atoms with E-state index in [1.807, 2.05) is 23.9 Å². The van der Waals surface area contributed by atoms with E-state index in [0.29, 0.717) is 49.2 Å². The van der Waals surface area contributed by atoms with Gasteiger partial charge in [0, 0.05) is 61.9 Å². The molecule has 190 valence electrons. The molecule has 2 aromatic rings. The van der Waals surface area contributed by atoms with Crippen LogP contribution >= 0.6 is 23.2 Å². The molecule has 2 rings (SSSR count). The molecule has 0 atom stereocenters. The Kier molecular flexibility index (Phi) is 11.0. The second-order valence-electron chi connectivity index (χ2n) is 7.90. The van der Waals surface area contributed by atoms with E-state index in [0.717, 1.165) is 10.6 Å². The highest BCUT2D eigenvalue weighted by Crippen LogP contribution is 2.25. The van der Waals surface area contributed by atoms with Crippen LogP contribution in [0.3, 0.4) is 0 Å². The second kappa shape index (κ2) is 13.7. The standard InChI is InChI=1S/C23H29Cl2N5O5/c1-27(2)14-11-26-22(31)20-15-17(3-8-21(20)30(34)35)16-29(23(32)33)19-6-4-18(5-7-19)28(12-9-24)13-10-25/h3-8,15H,9-14,16H2,1-2H3,(H,26,31)(H,32,33)/p-1. The molecular weight excluding hydrogens is 497 g/mol. The molecule has 1 N–H and O–H groups in total. The Balaban J connectivity index is 2.28. The number of hydrogen-bond acceptors (Lipinski definition) is 7. The van der Waals surface area contributed by atoms with Crippen molar-refractivity contribution in [2.75, 3.05) is 61.8 Å². The summed E-state index contributed by atoms with van der Waals surface area (Å²) in [6.07, 6.45) is -1.45. The molecule has 10 nitrogen and oxygen atoms in total. The first kappa shape index (κ1) is 28.2. The Labute approximate surface area is 214 Å². The molecule has 0 heterocycles. The minimum Gasteiger partial charge on any atom is -0.530 e. The van der Waals surface area contributed by atoms with Gasteiger partial charge in [-0.25, -0.2) is 0 Å². The molecule has 0 saturated heterocycles. The molecule has 0 aliphatic carbocycles. The van der Waals surface area contributed by atoms with Gasteiger partial charge in [-0.3, -0.25) is 14.9 Å². The van der Waals surface area contributed by atoms with Gasteiger partial charge in [-0.2, -0.15) is 0 Å². The second-order valence-corrected chi connectivity index (χ2v) is 8.66. The Hall–Kier alpha value is -3.08. The molecular formula is C23H28Cl2N5O5-. The van der Waals surface area contributed by atoms with Crippen molar-refractivity contribution in [3.63, 3.8) is 0 Å². The summed E-state index contributed by atoms with van der Waals surface area (Å²) in [4.78, 5) is 40.1. The summed E-state index contributed by atoms with van der Waals surface area (Å²) in [6.45, 7) is 1.86. The van der Waals surface area contributed by atoms with E-state index in [1.165, 1.54) is 18.2 Å². The van der Waals surface area contributed by atoms with Crippen molar-refractivity contribution in [3.05, 3.63) is 63.7 Å². The molecule has 12 heteroatoms. The number of likely N-dealkylation sites (N-methyl/N-ethyl adjacent to an activating group) is 1. The lowest BCUT2D eigenvalue weighted by Gasteiger charge is -2.27. The average Bonchev–Trinajstić information content (AvgIpc) is 2.82. The van der Waals surface area contributed by atoms with E-state index in [4.69, 9.17) is 23.2 Å². The number of nitro groups is 1. The smallest absolute Gasteiger partial charge is 0.282 e. The predicted molar refractivity (Wildman–Crippen MR) is 136 cm³/mol. The summed E-state index contributed by atoms with van der Waals surface area (Å²) in [5.41, 5.74) is 1.07. The number of nitro benzene ring substituents is 1. The van der Waals surface area contributed by atoms with E-state index in [9.17, 15) is 24.8 Å². The maximum atomic E-state index is 12.6. The molecule has 2 amide bonds. The van der Waals surface area contributed by atoms with Gasteiger partial charge in [0.05, 0.1) is 4.92 Å². The monoisotopic (exact) mass is 524 g/mol. The lowest BCUT2D eigenvalue weighted by Crippen LogP contribution is -2.41. The molecule has 0 unspecified atom stereocenters. The number of carbonyl (C=O) groups is 2. The summed E-state index contributed by atoms with van der Waals surface area (Å²) in [6, 6.07) is 10.7. The normalized spacial score (nSPS) is 10.8. The highest BCUT2D eigenvalue weighted by molar-refractivity contribution is 6.18. The fraction of sp³-hybridized carbons (Fsp3) is 0.391. The minimum absolute atomic E-state index is 0.141. The molecule has 35 heavy (non-hydrogen) atoms. The fourth-order valence-electron chi connectivity index (χ4n) is 3.37. The van der Waals surface area contributed by atoms with E-state index in [1.54, 1.807) is 24.3 Å². The number of nitrogens with one attached hydrogen (secondary N) is 1. The van der Waals surface area contributed by atoms with Crippen molar-refractivity contribution in [1.29, 1.82) is 0 Å². The number of carboxylic acid groups (broad SMARTS) is 1. The third-order valence-electron chi connectivity index (χ3n) is 5.14. The third-order valence-corrected chi connectivity index (χ3v) is 5.48. The zero-order chi connectivity index (χ0) is 26.0. The van der Waals surface area contributed by atoms with E-state index >= 15 is 0 Å². The van der Waals surface area contributed by atoms with Gasteiger partial charge in [-0.05, 0) is 50.0 Å². The number of rotatable bonds is 13. The molecule has 0 spiro atoms. The minimum atomic E-state index is -1.45. The highest BCUT2D eigenvalue weighted by atomic mass is 35.5. The highest BCUT2D eigenvalue weighted by Gasteiger charge is 2.21. The van der Waals surface area contributed by atoms with Gasteiger partial charge in [-0.1, -0.05) is 6.07 Å². The predicted octanol–water partition coefficient (Wildman–Crippen LogP) is 2.52. The molecule has 0 saturated carbocycles. The molecule has 0 bridgehead atoms. The summed E-state index contributed by atoms with van der Waals surface area (Å²) >= 11 is 11.7. The lowest BCUT2D eigenvalue weighted by atomic mass is 10.1.